The number of aliphatic hydroxyl groups is 1. The number of para-hydroxylation sites is 1. The van der Waals surface area contributed by atoms with Gasteiger partial charge in [0.2, 0.25) is 0 Å². The maximum atomic E-state index is 10.1. The number of benzene rings is 1. The van der Waals surface area contributed by atoms with Crippen LogP contribution in [0.1, 0.15) is 51.7 Å². The predicted octanol–water partition coefficient (Wildman–Crippen LogP) is 3.75. The van der Waals surface area contributed by atoms with E-state index in [2.05, 4.69) is 31.9 Å². The highest BCUT2D eigenvalue weighted by Crippen LogP contribution is 2.29. The third-order valence-electron chi connectivity index (χ3n) is 3.55. The van der Waals surface area contributed by atoms with Crippen molar-refractivity contribution in [1.82, 2.24) is 0 Å². The summed E-state index contributed by atoms with van der Waals surface area (Å²) in [5, 5.41) is 10.1. The third-order valence-corrected chi connectivity index (χ3v) is 3.55. The fourth-order valence-electron chi connectivity index (χ4n) is 2.34. The van der Waals surface area contributed by atoms with Crippen molar-refractivity contribution in [2.75, 3.05) is 11.9 Å². The molecule has 96 valence electrons. The summed E-state index contributed by atoms with van der Waals surface area (Å²) in [6.07, 6.45) is 2.66. The summed E-state index contributed by atoms with van der Waals surface area (Å²) in [5.74, 6) is 0. The molecule has 0 fully saturated rings. The van der Waals surface area contributed by atoms with E-state index < -0.39 is 0 Å². The molecule has 0 radical (unpaired) electrons. The summed E-state index contributed by atoms with van der Waals surface area (Å²) < 4.78 is 0. The first-order valence-electron chi connectivity index (χ1n) is 6.65. The number of aliphatic hydroxyl groups excluding tert-OH is 1. The lowest BCUT2D eigenvalue weighted by atomic mass is 10.0. The molecule has 0 aliphatic rings. The van der Waals surface area contributed by atoms with Crippen LogP contribution >= 0.6 is 0 Å². The Hall–Kier alpha value is -1.02. The maximum absolute atomic E-state index is 10.1. The molecule has 0 aliphatic carbocycles. The molecule has 0 aliphatic heterocycles. The van der Waals surface area contributed by atoms with Crippen molar-refractivity contribution >= 4 is 5.69 Å². The lowest BCUT2D eigenvalue weighted by Gasteiger charge is -2.31. The molecule has 0 bridgehead atoms. The van der Waals surface area contributed by atoms with Crippen molar-refractivity contribution in [2.45, 2.75) is 52.2 Å². The molecule has 0 amide bonds. The Bertz CT molecular complexity index is 333. The van der Waals surface area contributed by atoms with Gasteiger partial charge in [0.1, 0.15) is 0 Å². The fraction of sp³-hybridized carbons (Fsp3) is 0.600. The van der Waals surface area contributed by atoms with Crippen molar-refractivity contribution < 1.29 is 5.11 Å². The van der Waals surface area contributed by atoms with E-state index in [0.717, 1.165) is 30.5 Å². The van der Waals surface area contributed by atoms with Gasteiger partial charge in [0, 0.05) is 24.3 Å². The summed E-state index contributed by atoms with van der Waals surface area (Å²) in [5.41, 5.74) is 2.21. The molecule has 1 N–H and O–H groups in total. The summed E-state index contributed by atoms with van der Waals surface area (Å²) in [4.78, 5) is 2.30. The summed E-state index contributed by atoms with van der Waals surface area (Å²) in [6, 6.07) is 8.72. The molecule has 2 nitrogen and oxygen atoms in total. The van der Waals surface area contributed by atoms with Crippen molar-refractivity contribution in [3.63, 3.8) is 0 Å². The lowest BCUT2D eigenvalue weighted by molar-refractivity contribution is 0.174. The van der Waals surface area contributed by atoms with Crippen molar-refractivity contribution in [3.8, 4) is 0 Å². The zero-order chi connectivity index (χ0) is 12.8. The molecule has 0 saturated carbocycles. The van der Waals surface area contributed by atoms with Crippen LogP contribution in [-0.4, -0.2) is 18.2 Å². The number of hydrogen-bond acceptors (Lipinski definition) is 2. The van der Waals surface area contributed by atoms with Gasteiger partial charge in [0.25, 0.3) is 0 Å². The van der Waals surface area contributed by atoms with Crippen LogP contribution in [0.15, 0.2) is 24.3 Å². The second-order valence-corrected chi connectivity index (χ2v) is 4.56. The van der Waals surface area contributed by atoms with Crippen LogP contribution in [0.25, 0.3) is 0 Å². The molecule has 1 atom stereocenters. The first kappa shape index (κ1) is 14.0. The van der Waals surface area contributed by atoms with Crippen LogP contribution < -0.4 is 4.90 Å². The van der Waals surface area contributed by atoms with Gasteiger partial charge in [-0.15, -0.1) is 0 Å². The quantitative estimate of drug-likeness (QED) is 0.811. The van der Waals surface area contributed by atoms with E-state index in [4.69, 9.17) is 0 Å². The smallest absolute Gasteiger partial charge is 0.0807 e. The summed E-state index contributed by atoms with van der Waals surface area (Å²) >= 11 is 0. The number of rotatable bonds is 6. The zero-order valence-corrected chi connectivity index (χ0v) is 11.5. The van der Waals surface area contributed by atoms with Gasteiger partial charge in [0.15, 0.2) is 0 Å². The molecule has 1 rings (SSSR count). The molecule has 0 saturated heterocycles. The van der Waals surface area contributed by atoms with E-state index in [-0.39, 0.29) is 6.10 Å². The van der Waals surface area contributed by atoms with E-state index >= 15 is 0 Å². The van der Waals surface area contributed by atoms with Gasteiger partial charge < -0.3 is 10.0 Å². The SMILES string of the molecule is CCC(CC)N(C)c1ccccc1[C@H](O)CC. The highest BCUT2D eigenvalue weighted by Gasteiger charge is 2.17. The lowest BCUT2D eigenvalue weighted by Crippen LogP contribution is -2.31. The molecule has 1 aromatic carbocycles. The fourth-order valence-corrected chi connectivity index (χ4v) is 2.34. The predicted molar refractivity (Wildman–Crippen MR) is 74.5 cm³/mol. The van der Waals surface area contributed by atoms with Crippen LogP contribution in [0.3, 0.4) is 0 Å². The van der Waals surface area contributed by atoms with Crippen molar-refractivity contribution in [1.29, 1.82) is 0 Å². The van der Waals surface area contributed by atoms with Gasteiger partial charge in [-0.25, -0.2) is 0 Å². The maximum Gasteiger partial charge on any atom is 0.0807 e. The number of nitrogens with zero attached hydrogens (tertiary/aromatic N) is 1. The highest BCUT2D eigenvalue weighted by molar-refractivity contribution is 5.54. The minimum Gasteiger partial charge on any atom is -0.388 e. The monoisotopic (exact) mass is 235 g/mol. The second kappa shape index (κ2) is 6.65. The molecule has 0 spiro atoms. The molecule has 1 aromatic rings. The summed E-state index contributed by atoms with van der Waals surface area (Å²) in [6.45, 7) is 6.44. The average molecular weight is 235 g/mol. The molecule has 0 heterocycles. The van der Waals surface area contributed by atoms with E-state index in [9.17, 15) is 5.11 Å². The molecule has 0 unspecified atom stereocenters. The highest BCUT2D eigenvalue weighted by atomic mass is 16.3. The van der Waals surface area contributed by atoms with Gasteiger partial charge >= 0.3 is 0 Å². The molecule has 2 heteroatoms. The van der Waals surface area contributed by atoms with Gasteiger partial charge in [-0.3, -0.25) is 0 Å². The zero-order valence-electron chi connectivity index (χ0n) is 11.5. The third kappa shape index (κ3) is 3.22. The molecule has 0 aromatic heterocycles. The Morgan fingerprint density at radius 1 is 1.06 bits per heavy atom. The summed E-state index contributed by atoms with van der Waals surface area (Å²) in [7, 11) is 2.12. The van der Waals surface area contributed by atoms with Crippen LogP contribution in [0.4, 0.5) is 5.69 Å². The van der Waals surface area contributed by atoms with Gasteiger partial charge in [0.05, 0.1) is 6.10 Å². The first-order valence-corrected chi connectivity index (χ1v) is 6.65. The van der Waals surface area contributed by atoms with Crippen LogP contribution in [0.5, 0.6) is 0 Å². The molecule has 17 heavy (non-hydrogen) atoms. The standard InChI is InChI=1S/C15H25NO/c1-5-12(6-2)16(4)14-11-9-8-10-13(14)15(17)7-3/h8-12,15,17H,5-7H2,1-4H3/t15-/m1/s1. The van der Waals surface area contributed by atoms with Crippen molar-refractivity contribution in [2.24, 2.45) is 0 Å². The Kier molecular flexibility index (Phi) is 5.49. The number of anilines is 1. The molecular weight excluding hydrogens is 210 g/mol. The Morgan fingerprint density at radius 3 is 2.18 bits per heavy atom. The van der Waals surface area contributed by atoms with Gasteiger partial charge in [-0.2, -0.15) is 0 Å². The second-order valence-electron chi connectivity index (χ2n) is 4.56. The average Bonchev–Trinajstić information content (AvgIpc) is 2.39. The van der Waals surface area contributed by atoms with Gasteiger partial charge in [-0.1, -0.05) is 39.0 Å². The van der Waals surface area contributed by atoms with E-state index in [1.54, 1.807) is 0 Å². The minimum atomic E-state index is -0.358. The topological polar surface area (TPSA) is 23.5 Å². The minimum absolute atomic E-state index is 0.358. The largest absolute Gasteiger partial charge is 0.388 e. The van der Waals surface area contributed by atoms with Gasteiger partial charge in [-0.05, 0) is 25.3 Å². The Morgan fingerprint density at radius 2 is 1.65 bits per heavy atom. The molecular formula is C15H25NO. The van der Waals surface area contributed by atoms with Crippen LogP contribution in [0, 0.1) is 0 Å². The normalized spacial score (nSPS) is 12.8. The Balaban J connectivity index is 3.03. The van der Waals surface area contributed by atoms with E-state index in [1.165, 1.54) is 0 Å². The Labute approximate surface area is 105 Å². The van der Waals surface area contributed by atoms with Crippen LogP contribution in [0.2, 0.25) is 0 Å². The van der Waals surface area contributed by atoms with Crippen LogP contribution in [-0.2, 0) is 0 Å². The first-order chi connectivity index (χ1) is 8.15. The number of hydrogen-bond donors (Lipinski definition) is 1. The van der Waals surface area contributed by atoms with E-state index in [1.807, 2.05) is 25.1 Å². The van der Waals surface area contributed by atoms with Crippen molar-refractivity contribution in [3.05, 3.63) is 29.8 Å². The van der Waals surface area contributed by atoms with E-state index in [0.29, 0.717) is 6.04 Å².